The van der Waals surface area contributed by atoms with E-state index in [1.165, 1.54) is 29.2 Å². The molecule has 0 aliphatic carbocycles. The van der Waals surface area contributed by atoms with E-state index in [1.54, 1.807) is 30.3 Å². The fourth-order valence-corrected chi connectivity index (χ4v) is 4.25. The zero-order valence-corrected chi connectivity index (χ0v) is 20.2. The maximum Gasteiger partial charge on any atom is 0.300 e. The summed E-state index contributed by atoms with van der Waals surface area (Å²) in [5.74, 6) is -1.22. The second kappa shape index (κ2) is 9.74. The molecule has 180 valence electrons. The average molecular weight is 474 g/mol. The Labute approximate surface area is 204 Å². The number of halogens is 1. The summed E-state index contributed by atoms with van der Waals surface area (Å²) in [7, 11) is 0. The minimum Gasteiger partial charge on any atom is -0.507 e. The Balaban J connectivity index is 1.86. The van der Waals surface area contributed by atoms with Gasteiger partial charge in [-0.15, -0.1) is 0 Å². The summed E-state index contributed by atoms with van der Waals surface area (Å²) in [6, 6.07) is 17.1. The van der Waals surface area contributed by atoms with Gasteiger partial charge < -0.3 is 9.84 Å². The van der Waals surface area contributed by atoms with Crippen LogP contribution in [0, 0.1) is 25.6 Å². The van der Waals surface area contributed by atoms with Crippen LogP contribution < -0.4 is 9.64 Å². The molecular formula is C29H28FNO4. The van der Waals surface area contributed by atoms with Crippen LogP contribution in [0.1, 0.15) is 42.1 Å². The van der Waals surface area contributed by atoms with E-state index in [1.807, 2.05) is 26.0 Å². The molecule has 3 aromatic carbocycles. The fraction of sp³-hybridized carbons (Fsp3) is 0.241. The van der Waals surface area contributed by atoms with Crippen molar-refractivity contribution in [3.05, 3.63) is 100 Å². The first-order valence-corrected chi connectivity index (χ1v) is 11.5. The average Bonchev–Trinajstić information content (AvgIpc) is 3.09. The Morgan fingerprint density at radius 2 is 1.69 bits per heavy atom. The van der Waals surface area contributed by atoms with Crippen LogP contribution >= 0.6 is 0 Å². The van der Waals surface area contributed by atoms with Gasteiger partial charge in [-0.1, -0.05) is 44.2 Å². The summed E-state index contributed by atoms with van der Waals surface area (Å²) in [6.07, 6.45) is 0. The van der Waals surface area contributed by atoms with Crippen molar-refractivity contribution in [2.75, 3.05) is 11.5 Å². The lowest BCUT2D eigenvalue weighted by molar-refractivity contribution is -0.132. The number of hydrogen-bond acceptors (Lipinski definition) is 4. The number of aliphatic hydroxyl groups is 1. The van der Waals surface area contributed by atoms with Gasteiger partial charge in [0.2, 0.25) is 0 Å². The van der Waals surface area contributed by atoms with Crippen molar-refractivity contribution < 1.29 is 23.8 Å². The standard InChI is InChI=1S/C29H28FNO4/c1-17(2)16-35-24-14-11-21(15-19(24)4)27(32)25-26(20-9-12-22(30)13-10-20)31(29(34)28(25)33)23-8-6-5-7-18(23)3/h5-15,17,26,32H,16H2,1-4H3/b27-25-. The van der Waals surface area contributed by atoms with Crippen molar-refractivity contribution in [3.8, 4) is 5.75 Å². The maximum atomic E-state index is 13.7. The molecule has 6 heteroatoms. The van der Waals surface area contributed by atoms with Crippen molar-refractivity contribution in [1.29, 1.82) is 0 Å². The largest absolute Gasteiger partial charge is 0.507 e. The predicted octanol–water partition coefficient (Wildman–Crippen LogP) is 6.10. The summed E-state index contributed by atoms with van der Waals surface area (Å²) in [6.45, 7) is 8.36. The topological polar surface area (TPSA) is 66.8 Å². The molecule has 0 radical (unpaired) electrons. The smallest absolute Gasteiger partial charge is 0.300 e. The van der Waals surface area contributed by atoms with Gasteiger partial charge in [-0.05, 0) is 72.9 Å². The number of aliphatic hydroxyl groups excluding tert-OH is 1. The number of Topliss-reactive ketones (excluding diaryl/α,β-unsaturated/α-hetero) is 1. The Morgan fingerprint density at radius 3 is 2.31 bits per heavy atom. The second-order valence-corrected chi connectivity index (χ2v) is 9.19. The number of anilines is 1. The summed E-state index contributed by atoms with van der Waals surface area (Å²) in [5.41, 5.74) is 3.01. The van der Waals surface area contributed by atoms with Crippen molar-refractivity contribution >= 4 is 23.1 Å². The highest BCUT2D eigenvalue weighted by molar-refractivity contribution is 6.51. The normalized spacial score (nSPS) is 17.3. The van der Waals surface area contributed by atoms with Crippen LogP contribution in [0.2, 0.25) is 0 Å². The van der Waals surface area contributed by atoms with E-state index >= 15 is 0 Å². The lowest BCUT2D eigenvalue weighted by Crippen LogP contribution is -2.30. The van der Waals surface area contributed by atoms with Gasteiger partial charge in [0.15, 0.2) is 0 Å². The molecule has 4 rings (SSSR count). The molecule has 3 aromatic rings. The summed E-state index contributed by atoms with van der Waals surface area (Å²) < 4.78 is 19.5. The van der Waals surface area contributed by atoms with Gasteiger partial charge in [-0.3, -0.25) is 14.5 Å². The predicted molar refractivity (Wildman–Crippen MR) is 134 cm³/mol. The van der Waals surface area contributed by atoms with Crippen molar-refractivity contribution in [3.63, 3.8) is 0 Å². The molecule has 1 heterocycles. The van der Waals surface area contributed by atoms with E-state index in [4.69, 9.17) is 4.74 Å². The number of benzene rings is 3. The SMILES string of the molecule is Cc1cc(/C(O)=C2/C(=O)C(=O)N(c3ccccc3C)C2c2ccc(F)cc2)ccc1OCC(C)C. The molecule has 1 saturated heterocycles. The van der Waals surface area contributed by atoms with Crippen LogP contribution in [0.4, 0.5) is 10.1 Å². The lowest BCUT2D eigenvalue weighted by Gasteiger charge is -2.26. The van der Waals surface area contributed by atoms with Gasteiger partial charge in [0.25, 0.3) is 11.7 Å². The van der Waals surface area contributed by atoms with Gasteiger partial charge in [0.1, 0.15) is 17.3 Å². The zero-order valence-electron chi connectivity index (χ0n) is 20.2. The molecule has 1 N–H and O–H groups in total. The third kappa shape index (κ3) is 4.69. The molecule has 1 aliphatic heterocycles. The molecular weight excluding hydrogens is 445 g/mol. The van der Waals surface area contributed by atoms with Gasteiger partial charge in [-0.25, -0.2) is 4.39 Å². The van der Waals surface area contributed by atoms with E-state index in [0.717, 1.165) is 11.1 Å². The molecule has 35 heavy (non-hydrogen) atoms. The maximum absolute atomic E-state index is 13.7. The number of aryl methyl sites for hydroxylation is 2. The number of carbonyl (C=O) groups excluding carboxylic acids is 2. The van der Waals surface area contributed by atoms with Crippen LogP contribution in [0.25, 0.3) is 5.76 Å². The van der Waals surface area contributed by atoms with E-state index in [0.29, 0.717) is 35.1 Å². The van der Waals surface area contributed by atoms with Crippen molar-refractivity contribution in [2.45, 2.75) is 33.7 Å². The molecule has 1 aliphatic rings. The van der Waals surface area contributed by atoms with Crippen LogP contribution in [-0.4, -0.2) is 23.4 Å². The molecule has 0 bridgehead atoms. The molecule has 1 unspecified atom stereocenters. The zero-order chi connectivity index (χ0) is 25.3. The highest BCUT2D eigenvalue weighted by atomic mass is 19.1. The van der Waals surface area contributed by atoms with Crippen LogP contribution in [0.5, 0.6) is 5.75 Å². The van der Waals surface area contributed by atoms with E-state index in [9.17, 15) is 19.1 Å². The van der Waals surface area contributed by atoms with Crippen LogP contribution in [0.3, 0.4) is 0 Å². The van der Waals surface area contributed by atoms with E-state index in [2.05, 4.69) is 13.8 Å². The Bertz CT molecular complexity index is 1310. The van der Waals surface area contributed by atoms with Crippen molar-refractivity contribution in [2.24, 2.45) is 5.92 Å². The minimum atomic E-state index is -0.908. The van der Waals surface area contributed by atoms with Gasteiger partial charge in [0.05, 0.1) is 18.2 Å². The third-order valence-electron chi connectivity index (χ3n) is 6.03. The first kappa shape index (κ1) is 24.2. The Morgan fingerprint density at radius 1 is 1.00 bits per heavy atom. The molecule has 0 saturated carbocycles. The lowest BCUT2D eigenvalue weighted by atomic mass is 9.94. The van der Waals surface area contributed by atoms with Gasteiger partial charge >= 0.3 is 0 Å². The van der Waals surface area contributed by atoms with E-state index in [-0.39, 0.29) is 11.3 Å². The number of ketones is 1. The monoisotopic (exact) mass is 473 g/mol. The number of ether oxygens (including phenoxy) is 1. The summed E-state index contributed by atoms with van der Waals surface area (Å²) in [5, 5.41) is 11.3. The Kier molecular flexibility index (Phi) is 6.74. The number of amides is 1. The highest BCUT2D eigenvalue weighted by Crippen LogP contribution is 2.43. The van der Waals surface area contributed by atoms with E-state index < -0.39 is 23.5 Å². The Hall–Kier alpha value is -3.93. The van der Waals surface area contributed by atoms with Gasteiger partial charge in [0, 0.05) is 11.3 Å². The van der Waals surface area contributed by atoms with Gasteiger partial charge in [-0.2, -0.15) is 0 Å². The first-order valence-electron chi connectivity index (χ1n) is 11.5. The highest BCUT2D eigenvalue weighted by Gasteiger charge is 2.47. The minimum absolute atomic E-state index is 0.0416. The molecule has 5 nitrogen and oxygen atoms in total. The first-order chi connectivity index (χ1) is 16.7. The second-order valence-electron chi connectivity index (χ2n) is 9.19. The molecule has 0 aromatic heterocycles. The van der Waals surface area contributed by atoms with Crippen molar-refractivity contribution in [1.82, 2.24) is 0 Å². The summed E-state index contributed by atoms with van der Waals surface area (Å²) in [4.78, 5) is 27.9. The number of carbonyl (C=O) groups is 2. The quantitative estimate of drug-likeness (QED) is 0.267. The number of nitrogens with zero attached hydrogens (tertiary/aromatic N) is 1. The molecule has 0 spiro atoms. The number of hydrogen-bond donors (Lipinski definition) is 1. The fourth-order valence-electron chi connectivity index (χ4n) is 4.25. The summed E-state index contributed by atoms with van der Waals surface area (Å²) >= 11 is 0. The number of para-hydroxylation sites is 1. The molecule has 1 fully saturated rings. The molecule has 1 amide bonds. The van der Waals surface area contributed by atoms with Crippen LogP contribution in [-0.2, 0) is 9.59 Å². The molecule has 1 atom stereocenters. The number of rotatable bonds is 6. The van der Waals surface area contributed by atoms with Crippen LogP contribution in [0.15, 0.2) is 72.3 Å². The third-order valence-corrected chi connectivity index (χ3v) is 6.03.